The van der Waals surface area contributed by atoms with Crippen LogP contribution in [0.15, 0.2) is 42.5 Å². The Morgan fingerprint density at radius 3 is 2.72 bits per heavy atom. The van der Waals surface area contributed by atoms with Gasteiger partial charge in [0.1, 0.15) is 6.04 Å². The Morgan fingerprint density at radius 2 is 2.00 bits per heavy atom. The molecule has 0 aromatic heterocycles. The quantitative estimate of drug-likeness (QED) is 0.916. The van der Waals surface area contributed by atoms with Crippen molar-refractivity contribution in [1.29, 1.82) is 0 Å². The van der Waals surface area contributed by atoms with Crippen LogP contribution in [0.25, 0.3) is 0 Å². The summed E-state index contributed by atoms with van der Waals surface area (Å²) < 4.78 is 0. The fourth-order valence-electron chi connectivity index (χ4n) is 2.87. The lowest BCUT2D eigenvalue weighted by Gasteiger charge is -2.33. The van der Waals surface area contributed by atoms with E-state index in [1.807, 2.05) is 43.1 Å². The molecule has 1 aliphatic rings. The molecule has 1 N–H and O–H groups in total. The van der Waals surface area contributed by atoms with Gasteiger partial charge in [0.25, 0.3) is 5.91 Å². The van der Waals surface area contributed by atoms with E-state index in [0.29, 0.717) is 22.8 Å². The van der Waals surface area contributed by atoms with E-state index >= 15 is 0 Å². The number of rotatable bonds is 3. The summed E-state index contributed by atoms with van der Waals surface area (Å²) in [5, 5.41) is 3.50. The highest BCUT2D eigenvalue weighted by Crippen LogP contribution is 2.32. The number of carbonyl (C=O) groups is 2. The first kappa shape index (κ1) is 17.3. The average Bonchev–Trinajstić information content (AvgIpc) is 2.60. The van der Waals surface area contributed by atoms with E-state index in [2.05, 4.69) is 5.32 Å². The van der Waals surface area contributed by atoms with Crippen LogP contribution in [0.1, 0.15) is 22.8 Å². The fourth-order valence-corrected chi connectivity index (χ4v) is 3.07. The minimum Gasteiger partial charge on any atom is -0.361 e. The van der Waals surface area contributed by atoms with Gasteiger partial charge in [-0.15, -0.1) is 0 Å². The summed E-state index contributed by atoms with van der Waals surface area (Å²) in [7, 11) is 3.60. The van der Waals surface area contributed by atoms with Crippen molar-refractivity contribution in [3.8, 4) is 0 Å². The van der Waals surface area contributed by atoms with E-state index in [1.54, 1.807) is 30.1 Å². The van der Waals surface area contributed by atoms with Crippen molar-refractivity contribution >= 4 is 34.8 Å². The summed E-state index contributed by atoms with van der Waals surface area (Å²) in [6.45, 7) is 2.26. The van der Waals surface area contributed by atoms with Gasteiger partial charge in [-0.1, -0.05) is 29.8 Å². The summed E-state index contributed by atoms with van der Waals surface area (Å²) >= 11 is 6.17. The van der Waals surface area contributed by atoms with Crippen molar-refractivity contribution < 1.29 is 9.59 Å². The maximum absolute atomic E-state index is 12.7. The maximum atomic E-state index is 12.7. The van der Waals surface area contributed by atoms with Crippen molar-refractivity contribution in [3.05, 3.63) is 58.6 Å². The van der Waals surface area contributed by atoms with Crippen molar-refractivity contribution in [2.24, 2.45) is 0 Å². The van der Waals surface area contributed by atoms with Crippen molar-refractivity contribution in [2.75, 3.05) is 24.3 Å². The summed E-state index contributed by atoms with van der Waals surface area (Å²) in [5.41, 5.74) is 2.97. The number of halogens is 1. The van der Waals surface area contributed by atoms with Gasteiger partial charge in [0.05, 0.1) is 11.4 Å². The van der Waals surface area contributed by atoms with Gasteiger partial charge in [-0.05, 0) is 36.8 Å². The molecule has 25 heavy (non-hydrogen) atoms. The van der Waals surface area contributed by atoms with Crippen LogP contribution < -0.4 is 10.2 Å². The fraction of sp³-hybridized carbons (Fsp3) is 0.263. The van der Waals surface area contributed by atoms with Crippen LogP contribution in [0.5, 0.6) is 0 Å². The Bertz CT molecular complexity index is 837. The number of amides is 2. The standard InChI is InChI=1S/C19H20ClN3O2/c1-12-18(24)21-16-10-13(8-9-17(16)23(12)3)19(25)22(2)11-14-6-4-5-7-15(14)20/h4-10,12H,11H2,1-3H3,(H,21,24)/t12-/m0/s1. The van der Waals surface area contributed by atoms with Crippen molar-refractivity contribution in [1.82, 2.24) is 4.90 Å². The van der Waals surface area contributed by atoms with E-state index in [-0.39, 0.29) is 17.9 Å². The molecule has 2 amide bonds. The Balaban J connectivity index is 1.82. The van der Waals surface area contributed by atoms with E-state index < -0.39 is 0 Å². The lowest BCUT2D eigenvalue weighted by Crippen LogP contribution is -2.44. The van der Waals surface area contributed by atoms with Crippen LogP contribution in [0.3, 0.4) is 0 Å². The smallest absolute Gasteiger partial charge is 0.253 e. The highest BCUT2D eigenvalue weighted by Gasteiger charge is 2.27. The second-order valence-electron chi connectivity index (χ2n) is 6.26. The van der Waals surface area contributed by atoms with Crippen LogP contribution in [0.2, 0.25) is 5.02 Å². The van der Waals surface area contributed by atoms with Gasteiger partial charge in [-0.3, -0.25) is 9.59 Å². The van der Waals surface area contributed by atoms with E-state index in [9.17, 15) is 9.59 Å². The first-order valence-corrected chi connectivity index (χ1v) is 8.43. The van der Waals surface area contributed by atoms with Crippen LogP contribution in [-0.4, -0.2) is 36.9 Å². The third-order valence-electron chi connectivity index (χ3n) is 4.55. The van der Waals surface area contributed by atoms with E-state index in [1.165, 1.54) is 0 Å². The molecule has 2 aromatic rings. The first-order valence-electron chi connectivity index (χ1n) is 8.05. The Kier molecular flexibility index (Phi) is 4.68. The number of nitrogens with zero attached hydrogens (tertiary/aromatic N) is 2. The molecule has 0 saturated carbocycles. The third-order valence-corrected chi connectivity index (χ3v) is 4.92. The van der Waals surface area contributed by atoms with Crippen LogP contribution in [0.4, 0.5) is 11.4 Å². The predicted octanol–water partition coefficient (Wildman–Crippen LogP) is 3.39. The molecule has 0 radical (unpaired) electrons. The summed E-state index contributed by atoms with van der Waals surface area (Å²) in [4.78, 5) is 28.2. The summed E-state index contributed by atoms with van der Waals surface area (Å²) in [5.74, 6) is -0.206. The molecule has 6 heteroatoms. The van der Waals surface area contributed by atoms with Crippen molar-refractivity contribution in [3.63, 3.8) is 0 Å². The molecule has 5 nitrogen and oxygen atoms in total. The van der Waals surface area contributed by atoms with Gasteiger partial charge in [0.2, 0.25) is 5.91 Å². The van der Waals surface area contributed by atoms with Gasteiger partial charge in [-0.25, -0.2) is 0 Å². The number of anilines is 2. The van der Waals surface area contributed by atoms with Crippen molar-refractivity contribution in [2.45, 2.75) is 19.5 Å². The number of carbonyl (C=O) groups excluding carboxylic acids is 2. The molecule has 0 unspecified atom stereocenters. The second kappa shape index (κ2) is 6.76. The highest BCUT2D eigenvalue weighted by molar-refractivity contribution is 6.31. The molecular weight excluding hydrogens is 338 g/mol. The zero-order valence-electron chi connectivity index (χ0n) is 14.4. The predicted molar refractivity (Wildman–Crippen MR) is 100 cm³/mol. The Morgan fingerprint density at radius 1 is 1.28 bits per heavy atom. The van der Waals surface area contributed by atoms with Gasteiger partial charge in [-0.2, -0.15) is 0 Å². The topological polar surface area (TPSA) is 52.7 Å². The molecule has 1 aliphatic heterocycles. The zero-order valence-corrected chi connectivity index (χ0v) is 15.2. The SMILES string of the molecule is C[C@H]1C(=O)Nc2cc(C(=O)N(C)Cc3ccccc3Cl)ccc2N1C. The number of hydrogen-bond donors (Lipinski definition) is 1. The molecule has 0 fully saturated rings. The number of hydrogen-bond acceptors (Lipinski definition) is 3. The largest absolute Gasteiger partial charge is 0.361 e. The van der Waals surface area contributed by atoms with Gasteiger partial charge >= 0.3 is 0 Å². The van der Waals surface area contributed by atoms with Crippen LogP contribution in [-0.2, 0) is 11.3 Å². The highest BCUT2D eigenvalue weighted by atomic mass is 35.5. The molecule has 3 rings (SSSR count). The summed E-state index contributed by atoms with van der Waals surface area (Å²) in [6, 6.07) is 12.6. The summed E-state index contributed by atoms with van der Waals surface area (Å²) in [6.07, 6.45) is 0. The maximum Gasteiger partial charge on any atom is 0.253 e. The first-order chi connectivity index (χ1) is 11.9. The number of likely N-dealkylation sites (N-methyl/N-ethyl adjacent to an activating group) is 1. The average molecular weight is 358 g/mol. The lowest BCUT2D eigenvalue weighted by atomic mass is 10.1. The molecule has 1 heterocycles. The molecular formula is C19H20ClN3O2. The van der Waals surface area contributed by atoms with E-state index in [0.717, 1.165) is 11.3 Å². The minimum atomic E-state index is -0.239. The molecule has 0 saturated heterocycles. The lowest BCUT2D eigenvalue weighted by molar-refractivity contribution is -0.117. The molecule has 1 atom stereocenters. The zero-order chi connectivity index (χ0) is 18.1. The Labute approximate surface area is 152 Å². The van der Waals surface area contributed by atoms with Gasteiger partial charge in [0, 0.05) is 31.2 Å². The molecule has 0 aliphatic carbocycles. The van der Waals surface area contributed by atoms with Crippen LogP contribution in [0, 0.1) is 0 Å². The van der Waals surface area contributed by atoms with Crippen LogP contribution >= 0.6 is 11.6 Å². The van der Waals surface area contributed by atoms with Gasteiger partial charge < -0.3 is 15.1 Å². The minimum absolute atomic E-state index is 0.0796. The molecule has 2 aromatic carbocycles. The number of nitrogens with one attached hydrogen (secondary N) is 1. The normalized spacial score (nSPS) is 16.2. The number of fused-ring (bicyclic) bond motifs is 1. The van der Waals surface area contributed by atoms with E-state index in [4.69, 9.17) is 11.6 Å². The second-order valence-corrected chi connectivity index (χ2v) is 6.67. The Hall–Kier alpha value is -2.53. The van der Waals surface area contributed by atoms with Gasteiger partial charge in [0.15, 0.2) is 0 Å². The number of benzene rings is 2. The third kappa shape index (κ3) is 3.33. The molecule has 130 valence electrons. The molecule has 0 spiro atoms. The monoisotopic (exact) mass is 357 g/mol. The molecule has 0 bridgehead atoms.